The largest absolute Gasteiger partial charge is 0.495 e. The van der Waals surface area contributed by atoms with E-state index in [1.807, 2.05) is 0 Å². The fraction of sp³-hybridized carbons (Fsp3) is 0.182. The zero-order valence-corrected chi connectivity index (χ0v) is 10.7. The van der Waals surface area contributed by atoms with E-state index in [0.29, 0.717) is 5.69 Å². The van der Waals surface area contributed by atoms with Crippen LogP contribution in [0.25, 0.3) is 0 Å². The molecule has 7 heteroatoms. The lowest BCUT2D eigenvalue weighted by atomic mass is 10.3. The summed E-state index contributed by atoms with van der Waals surface area (Å²) < 4.78 is 27.6. The molecule has 6 nitrogen and oxygen atoms in total. The lowest BCUT2D eigenvalue weighted by Crippen LogP contribution is -2.15. The summed E-state index contributed by atoms with van der Waals surface area (Å²) in [5.41, 5.74) is 0.326. The smallest absolute Gasteiger partial charge is 0.241 e. The third kappa shape index (κ3) is 3.57. The van der Waals surface area contributed by atoms with Crippen LogP contribution in [0.1, 0.15) is 6.42 Å². The van der Waals surface area contributed by atoms with Gasteiger partial charge in [0.25, 0.3) is 0 Å². The van der Waals surface area contributed by atoms with Crippen LogP contribution in [0.5, 0.6) is 5.75 Å². The van der Waals surface area contributed by atoms with Crippen LogP contribution in [0.3, 0.4) is 0 Å². The second kappa shape index (κ2) is 5.65. The minimum Gasteiger partial charge on any atom is -0.495 e. The Bertz CT molecular complexity index is 566. The molecule has 18 heavy (non-hydrogen) atoms. The van der Waals surface area contributed by atoms with Crippen LogP contribution in [0, 0.1) is 0 Å². The highest BCUT2D eigenvalue weighted by Crippen LogP contribution is 2.26. The molecule has 1 aromatic carbocycles. The summed E-state index contributed by atoms with van der Waals surface area (Å²) in [6, 6.07) is 4.19. The molecule has 0 radical (unpaired) electrons. The van der Waals surface area contributed by atoms with Gasteiger partial charge in [-0.25, -0.2) is 13.6 Å². The normalized spacial score (nSPS) is 10.8. The van der Waals surface area contributed by atoms with Crippen LogP contribution >= 0.6 is 0 Å². The summed E-state index contributed by atoms with van der Waals surface area (Å²) in [6.45, 7) is 3.43. The molecule has 0 aliphatic heterocycles. The maximum atomic E-state index is 11.3. The monoisotopic (exact) mass is 270 g/mol. The predicted octanol–water partition coefficient (Wildman–Crippen LogP) is 0.857. The number of anilines is 1. The van der Waals surface area contributed by atoms with E-state index in [-0.39, 0.29) is 23.0 Å². The van der Waals surface area contributed by atoms with Crippen molar-refractivity contribution in [3.63, 3.8) is 0 Å². The molecule has 0 saturated heterocycles. The van der Waals surface area contributed by atoms with Crippen molar-refractivity contribution in [2.75, 3.05) is 12.4 Å². The van der Waals surface area contributed by atoms with Crippen LogP contribution in [0.4, 0.5) is 5.69 Å². The number of nitrogens with two attached hydrogens (primary N) is 1. The third-order valence-electron chi connectivity index (χ3n) is 2.08. The highest BCUT2D eigenvalue weighted by molar-refractivity contribution is 7.89. The van der Waals surface area contributed by atoms with Gasteiger partial charge >= 0.3 is 0 Å². The minimum absolute atomic E-state index is 0.124. The second-order valence-electron chi connectivity index (χ2n) is 3.45. The van der Waals surface area contributed by atoms with Gasteiger partial charge in [0, 0.05) is 12.1 Å². The van der Waals surface area contributed by atoms with Gasteiger partial charge in [0.2, 0.25) is 15.9 Å². The van der Waals surface area contributed by atoms with Crippen LogP contribution in [-0.2, 0) is 14.8 Å². The molecule has 0 aliphatic rings. The van der Waals surface area contributed by atoms with Crippen molar-refractivity contribution in [2.45, 2.75) is 11.3 Å². The summed E-state index contributed by atoms with van der Waals surface area (Å²) in [5.74, 6) is -0.172. The first-order chi connectivity index (χ1) is 8.38. The van der Waals surface area contributed by atoms with Crippen molar-refractivity contribution in [3.8, 4) is 5.75 Å². The number of hydrogen-bond acceptors (Lipinski definition) is 4. The summed E-state index contributed by atoms with van der Waals surface area (Å²) in [4.78, 5) is 11.2. The lowest BCUT2D eigenvalue weighted by Gasteiger charge is -2.09. The SMILES string of the molecule is C=CCC(=O)Nc1ccc(OC)c(S(N)(=O)=O)c1. The standard InChI is InChI=1S/C11H14N2O4S/c1-3-4-11(14)13-8-5-6-9(17-2)10(7-8)18(12,15)16/h3,5-7H,1,4H2,2H3,(H,13,14)(H2,12,15,16). The van der Waals surface area contributed by atoms with Crippen LogP contribution in [0.2, 0.25) is 0 Å². The number of amides is 1. The van der Waals surface area contributed by atoms with Crippen molar-refractivity contribution in [3.05, 3.63) is 30.9 Å². The van der Waals surface area contributed by atoms with Gasteiger partial charge in [-0.15, -0.1) is 6.58 Å². The lowest BCUT2D eigenvalue weighted by molar-refractivity contribution is -0.115. The predicted molar refractivity (Wildman–Crippen MR) is 67.8 cm³/mol. The van der Waals surface area contributed by atoms with E-state index < -0.39 is 10.0 Å². The molecule has 0 unspecified atom stereocenters. The molecule has 0 saturated carbocycles. The zero-order chi connectivity index (χ0) is 13.8. The third-order valence-corrected chi connectivity index (χ3v) is 3.02. The first-order valence-corrected chi connectivity index (χ1v) is 6.54. The van der Waals surface area contributed by atoms with Gasteiger partial charge in [-0.2, -0.15) is 0 Å². The Labute approximate surface area is 105 Å². The molecule has 3 N–H and O–H groups in total. The van der Waals surface area contributed by atoms with Gasteiger partial charge in [0.15, 0.2) is 0 Å². The number of nitrogens with one attached hydrogen (secondary N) is 1. The maximum absolute atomic E-state index is 11.3. The van der Waals surface area contributed by atoms with E-state index in [1.165, 1.54) is 31.4 Å². The molecule has 0 aliphatic carbocycles. The van der Waals surface area contributed by atoms with Crippen molar-refractivity contribution >= 4 is 21.6 Å². The topological polar surface area (TPSA) is 98.5 Å². The maximum Gasteiger partial charge on any atom is 0.241 e. The Morgan fingerprint density at radius 1 is 1.56 bits per heavy atom. The van der Waals surface area contributed by atoms with Crippen molar-refractivity contribution in [1.82, 2.24) is 0 Å². The molecule has 1 aromatic rings. The number of ether oxygens (including phenoxy) is 1. The molecule has 98 valence electrons. The Morgan fingerprint density at radius 3 is 2.72 bits per heavy atom. The molecule has 1 amide bonds. The van der Waals surface area contributed by atoms with Gasteiger partial charge in [0.1, 0.15) is 10.6 Å². The fourth-order valence-corrected chi connectivity index (χ4v) is 2.04. The van der Waals surface area contributed by atoms with Crippen LogP contribution in [-0.4, -0.2) is 21.4 Å². The number of sulfonamides is 1. The first kappa shape index (κ1) is 14.2. The summed E-state index contributed by atoms with van der Waals surface area (Å²) >= 11 is 0. The van der Waals surface area contributed by atoms with Gasteiger partial charge in [-0.3, -0.25) is 4.79 Å². The van der Waals surface area contributed by atoms with E-state index in [4.69, 9.17) is 9.88 Å². The number of carbonyl (C=O) groups is 1. The van der Waals surface area contributed by atoms with E-state index in [1.54, 1.807) is 0 Å². The first-order valence-electron chi connectivity index (χ1n) is 5.00. The zero-order valence-electron chi connectivity index (χ0n) is 9.84. The number of primary sulfonamides is 1. The van der Waals surface area contributed by atoms with Crippen LogP contribution < -0.4 is 15.2 Å². The molecule has 0 heterocycles. The minimum atomic E-state index is -3.91. The van der Waals surface area contributed by atoms with Gasteiger partial charge in [-0.05, 0) is 18.2 Å². The molecule has 0 spiro atoms. The highest BCUT2D eigenvalue weighted by Gasteiger charge is 2.16. The molecule has 1 rings (SSSR count). The van der Waals surface area contributed by atoms with Crippen molar-refractivity contribution in [1.29, 1.82) is 0 Å². The summed E-state index contributed by atoms with van der Waals surface area (Å²) in [7, 11) is -2.58. The molecular formula is C11H14N2O4S. The average molecular weight is 270 g/mol. The van der Waals surface area contributed by atoms with Gasteiger partial charge in [0.05, 0.1) is 7.11 Å². The molecule has 0 fully saturated rings. The van der Waals surface area contributed by atoms with Crippen LogP contribution in [0.15, 0.2) is 35.7 Å². The molecule has 0 atom stereocenters. The van der Waals surface area contributed by atoms with E-state index >= 15 is 0 Å². The number of benzene rings is 1. The van der Waals surface area contributed by atoms with E-state index in [2.05, 4.69) is 11.9 Å². The second-order valence-corrected chi connectivity index (χ2v) is 4.98. The van der Waals surface area contributed by atoms with Crippen molar-refractivity contribution < 1.29 is 17.9 Å². The highest BCUT2D eigenvalue weighted by atomic mass is 32.2. The number of hydrogen-bond donors (Lipinski definition) is 2. The van der Waals surface area contributed by atoms with Crippen molar-refractivity contribution in [2.24, 2.45) is 5.14 Å². The Kier molecular flexibility index (Phi) is 4.46. The number of rotatable bonds is 5. The Morgan fingerprint density at radius 2 is 2.22 bits per heavy atom. The van der Waals surface area contributed by atoms with E-state index in [9.17, 15) is 13.2 Å². The molecule has 0 bridgehead atoms. The molecular weight excluding hydrogens is 256 g/mol. The number of carbonyl (C=O) groups excluding carboxylic acids is 1. The van der Waals surface area contributed by atoms with Gasteiger partial charge in [-0.1, -0.05) is 6.08 Å². The fourth-order valence-electron chi connectivity index (χ4n) is 1.32. The number of methoxy groups -OCH3 is 1. The Balaban J connectivity index is 3.11. The van der Waals surface area contributed by atoms with Gasteiger partial charge < -0.3 is 10.1 Å². The average Bonchev–Trinajstić information content (AvgIpc) is 2.28. The summed E-state index contributed by atoms with van der Waals surface area (Å²) in [6.07, 6.45) is 1.58. The summed E-state index contributed by atoms with van der Waals surface area (Å²) in [5, 5.41) is 7.58. The van der Waals surface area contributed by atoms with E-state index in [0.717, 1.165) is 0 Å². The Hall–Kier alpha value is -1.86. The molecule has 0 aromatic heterocycles. The quantitative estimate of drug-likeness (QED) is 0.775.